The highest BCUT2D eigenvalue weighted by atomic mass is 79.9. The molecule has 1 aliphatic heterocycles. The van der Waals surface area contributed by atoms with E-state index in [2.05, 4.69) is 31.9 Å². The third kappa shape index (κ3) is 2.54. The predicted molar refractivity (Wildman–Crippen MR) is 84.5 cm³/mol. The van der Waals surface area contributed by atoms with E-state index < -0.39 is 0 Å². The van der Waals surface area contributed by atoms with Gasteiger partial charge in [0.1, 0.15) is 0 Å². The summed E-state index contributed by atoms with van der Waals surface area (Å²) in [5, 5.41) is 0. The van der Waals surface area contributed by atoms with Gasteiger partial charge in [0.2, 0.25) is 5.91 Å². The Kier molecular flexibility index (Phi) is 3.68. The number of nitrogens with zero attached hydrogens (tertiary/aromatic N) is 2. The molecule has 5 nitrogen and oxygen atoms in total. The standard InChI is InChI=1S/C14H16Br2N2O3/c1-13(9-14(13,15)16)12(20)18-6-4-17(5-7-18)11(19)10-3-2-8-21-10/h2-3,8H,4-7,9H2,1H3/t13-/m0/s1. The maximum Gasteiger partial charge on any atom is 0.289 e. The van der Waals surface area contributed by atoms with Crippen LogP contribution in [0.2, 0.25) is 0 Å². The number of rotatable bonds is 2. The molecule has 3 rings (SSSR count). The van der Waals surface area contributed by atoms with Gasteiger partial charge in [0.15, 0.2) is 5.76 Å². The number of amides is 2. The number of hydrogen-bond donors (Lipinski definition) is 0. The van der Waals surface area contributed by atoms with Crippen LogP contribution in [0.4, 0.5) is 0 Å². The van der Waals surface area contributed by atoms with Crippen molar-refractivity contribution < 1.29 is 14.0 Å². The molecular formula is C14H16Br2N2O3. The van der Waals surface area contributed by atoms with Crippen molar-refractivity contribution in [3.05, 3.63) is 24.2 Å². The lowest BCUT2D eigenvalue weighted by Gasteiger charge is -2.36. The summed E-state index contributed by atoms with van der Waals surface area (Å²) in [5.74, 6) is 0.380. The summed E-state index contributed by atoms with van der Waals surface area (Å²) in [6.45, 7) is 4.17. The van der Waals surface area contributed by atoms with E-state index in [1.54, 1.807) is 17.0 Å². The fourth-order valence-electron chi connectivity index (χ4n) is 2.65. The Balaban J connectivity index is 1.59. The van der Waals surface area contributed by atoms with Crippen LogP contribution < -0.4 is 0 Å². The molecule has 0 radical (unpaired) electrons. The number of hydrogen-bond acceptors (Lipinski definition) is 3. The third-order valence-corrected chi connectivity index (χ3v) is 6.63. The molecule has 2 fully saturated rings. The molecule has 0 spiro atoms. The lowest BCUT2D eigenvalue weighted by molar-refractivity contribution is -0.137. The molecule has 1 aromatic rings. The van der Waals surface area contributed by atoms with Gasteiger partial charge in [-0.05, 0) is 25.5 Å². The number of carbonyl (C=O) groups excluding carboxylic acids is 2. The minimum atomic E-state index is -0.389. The van der Waals surface area contributed by atoms with Gasteiger partial charge in [-0.15, -0.1) is 0 Å². The van der Waals surface area contributed by atoms with Crippen molar-refractivity contribution in [2.24, 2.45) is 5.41 Å². The molecule has 114 valence electrons. The average Bonchev–Trinajstić information content (AvgIpc) is 2.88. The van der Waals surface area contributed by atoms with Gasteiger partial charge in [-0.25, -0.2) is 0 Å². The van der Waals surface area contributed by atoms with Gasteiger partial charge < -0.3 is 14.2 Å². The molecule has 1 aromatic heterocycles. The first-order chi connectivity index (χ1) is 9.85. The maximum atomic E-state index is 12.5. The summed E-state index contributed by atoms with van der Waals surface area (Å²) in [6, 6.07) is 3.36. The first-order valence-electron chi connectivity index (χ1n) is 6.85. The Morgan fingerprint density at radius 1 is 1.19 bits per heavy atom. The predicted octanol–water partition coefficient (Wildman–Crippen LogP) is 2.46. The topological polar surface area (TPSA) is 53.8 Å². The Labute approximate surface area is 139 Å². The highest BCUT2D eigenvalue weighted by Gasteiger charge is 2.67. The van der Waals surface area contributed by atoms with Gasteiger partial charge >= 0.3 is 0 Å². The van der Waals surface area contributed by atoms with Crippen molar-refractivity contribution in [1.82, 2.24) is 9.80 Å². The summed E-state index contributed by atoms with van der Waals surface area (Å²) in [7, 11) is 0. The van der Waals surface area contributed by atoms with Crippen molar-refractivity contribution in [2.45, 2.75) is 16.6 Å². The second-order valence-corrected chi connectivity index (χ2v) is 9.55. The summed E-state index contributed by atoms with van der Waals surface area (Å²) >= 11 is 7.06. The van der Waals surface area contributed by atoms with E-state index in [1.165, 1.54) is 6.26 Å². The van der Waals surface area contributed by atoms with Crippen LogP contribution in [-0.4, -0.2) is 51.0 Å². The van der Waals surface area contributed by atoms with Crippen LogP contribution >= 0.6 is 31.9 Å². The highest BCUT2D eigenvalue weighted by Crippen LogP contribution is 2.66. The van der Waals surface area contributed by atoms with Crippen molar-refractivity contribution in [3.8, 4) is 0 Å². The van der Waals surface area contributed by atoms with E-state index in [0.717, 1.165) is 6.42 Å². The molecule has 2 amide bonds. The number of alkyl halides is 2. The molecule has 0 unspecified atom stereocenters. The van der Waals surface area contributed by atoms with E-state index in [4.69, 9.17) is 4.42 Å². The smallest absolute Gasteiger partial charge is 0.289 e. The van der Waals surface area contributed by atoms with E-state index in [0.29, 0.717) is 31.9 Å². The molecule has 1 saturated carbocycles. The molecule has 2 aliphatic rings. The number of piperazine rings is 1. The lowest BCUT2D eigenvalue weighted by Crippen LogP contribution is -2.52. The molecule has 2 heterocycles. The Hall–Kier alpha value is -0.820. The van der Waals surface area contributed by atoms with Gasteiger partial charge in [-0.1, -0.05) is 31.9 Å². The monoisotopic (exact) mass is 418 g/mol. The minimum Gasteiger partial charge on any atom is -0.459 e. The van der Waals surface area contributed by atoms with Gasteiger partial charge in [-0.3, -0.25) is 9.59 Å². The van der Waals surface area contributed by atoms with Crippen molar-refractivity contribution in [3.63, 3.8) is 0 Å². The Morgan fingerprint density at radius 3 is 2.24 bits per heavy atom. The molecule has 1 saturated heterocycles. The Bertz CT molecular complexity index is 565. The third-order valence-electron chi connectivity index (χ3n) is 4.32. The van der Waals surface area contributed by atoms with Gasteiger partial charge in [-0.2, -0.15) is 0 Å². The number of furan rings is 1. The van der Waals surface area contributed by atoms with Gasteiger partial charge in [0.05, 0.1) is 14.9 Å². The van der Waals surface area contributed by atoms with Crippen LogP contribution in [0, 0.1) is 5.41 Å². The van der Waals surface area contributed by atoms with E-state index in [1.807, 2.05) is 11.8 Å². The van der Waals surface area contributed by atoms with Crippen LogP contribution in [0.5, 0.6) is 0 Å². The lowest BCUT2D eigenvalue weighted by atomic mass is 10.1. The SMILES string of the molecule is C[C@@]1(C(=O)N2CCN(C(=O)c3ccco3)CC2)CC1(Br)Br. The molecule has 0 bridgehead atoms. The van der Waals surface area contributed by atoms with E-state index >= 15 is 0 Å². The molecule has 7 heteroatoms. The molecule has 21 heavy (non-hydrogen) atoms. The summed E-state index contributed by atoms with van der Waals surface area (Å²) in [5.41, 5.74) is -0.389. The molecule has 1 atom stereocenters. The van der Waals surface area contributed by atoms with Crippen molar-refractivity contribution in [2.75, 3.05) is 26.2 Å². The highest BCUT2D eigenvalue weighted by molar-refractivity contribution is 9.25. The summed E-state index contributed by atoms with van der Waals surface area (Å²) in [4.78, 5) is 28.3. The number of carbonyl (C=O) groups is 2. The minimum absolute atomic E-state index is 0.111. The largest absolute Gasteiger partial charge is 0.459 e. The van der Waals surface area contributed by atoms with E-state index in [9.17, 15) is 9.59 Å². The molecule has 0 aromatic carbocycles. The van der Waals surface area contributed by atoms with Crippen LogP contribution in [0.25, 0.3) is 0 Å². The second kappa shape index (κ2) is 5.12. The average molecular weight is 420 g/mol. The second-order valence-electron chi connectivity index (χ2n) is 5.78. The fourth-order valence-corrected chi connectivity index (χ4v) is 4.11. The van der Waals surface area contributed by atoms with Crippen LogP contribution in [0.15, 0.2) is 22.8 Å². The quantitative estimate of drug-likeness (QED) is 0.692. The fraction of sp³-hybridized carbons (Fsp3) is 0.571. The summed E-state index contributed by atoms with van der Waals surface area (Å²) < 4.78 is 4.86. The van der Waals surface area contributed by atoms with Crippen LogP contribution in [-0.2, 0) is 4.79 Å². The normalized spacial score (nSPS) is 27.6. The summed E-state index contributed by atoms with van der Waals surface area (Å²) in [6.07, 6.45) is 2.27. The van der Waals surface area contributed by atoms with Gasteiger partial charge in [0.25, 0.3) is 5.91 Å². The van der Waals surface area contributed by atoms with Crippen LogP contribution in [0.3, 0.4) is 0 Å². The Morgan fingerprint density at radius 2 is 1.76 bits per heavy atom. The van der Waals surface area contributed by atoms with Crippen molar-refractivity contribution in [1.29, 1.82) is 0 Å². The zero-order valence-electron chi connectivity index (χ0n) is 11.6. The maximum absolute atomic E-state index is 12.5. The molecular weight excluding hydrogens is 404 g/mol. The number of halogens is 2. The molecule has 1 aliphatic carbocycles. The van der Waals surface area contributed by atoms with Gasteiger partial charge in [0, 0.05) is 26.2 Å². The van der Waals surface area contributed by atoms with Crippen LogP contribution in [0.1, 0.15) is 23.9 Å². The first kappa shape index (κ1) is 15.1. The molecule has 0 N–H and O–H groups in total. The zero-order chi connectivity index (χ0) is 15.3. The first-order valence-corrected chi connectivity index (χ1v) is 8.44. The zero-order valence-corrected chi connectivity index (χ0v) is 14.8. The van der Waals surface area contributed by atoms with Crippen molar-refractivity contribution >= 4 is 43.7 Å². The van der Waals surface area contributed by atoms with E-state index in [-0.39, 0.29) is 20.5 Å².